The Morgan fingerprint density at radius 3 is 3.06 bits per heavy atom. The molecule has 1 unspecified atom stereocenters. The van der Waals surface area contributed by atoms with Crippen molar-refractivity contribution in [2.75, 3.05) is 26.4 Å². The summed E-state index contributed by atoms with van der Waals surface area (Å²) in [4.78, 5) is 14.0. The number of aryl methyl sites for hydroxylation is 1. The molecule has 0 spiro atoms. The average molecular weight is 270 g/mol. The maximum atomic E-state index is 12.3. The van der Waals surface area contributed by atoms with Crippen LogP contribution in [0.4, 0.5) is 0 Å². The summed E-state index contributed by atoms with van der Waals surface area (Å²) >= 11 is 5.94. The molecule has 5 heteroatoms. The van der Waals surface area contributed by atoms with Crippen molar-refractivity contribution in [2.24, 2.45) is 0 Å². The van der Waals surface area contributed by atoms with Gasteiger partial charge in [-0.15, -0.1) is 0 Å². The van der Waals surface area contributed by atoms with Crippen molar-refractivity contribution in [3.8, 4) is 0 Å². The maximum Gasteiger partial charge on any atom is 0.254 e. The van der Waals surface area contributed by atoms with Crippen LogP contribution in [0.2, 0.25) is 5.02 Å². The third kappa shape index (κ3) is 2.66. The Balaban J connectivity index is 2.21. The number of hydrogen-bond acceptors (Lipinski definition) is 3. The van der Waals surface area contributed by atoms with E-state index < -0.39 is 0 Å². The van der Waals surface area contributed by atoms with E-state index in [9.17, 15) is 9.90 Å². The Morgan fingerprint density at radius 2 is 2.39 bits per heavy atom. The molecule has 1 amide bonds. The zero-order chi connectivity index (χ0) is 13.1. The molecule has 1 heterocycles. The van der Waals surface area contributed by atoms with E-state index in [4.69, 9.17) is 16.3 Å². The van der Waals surface area contributed by atoms with Gasteiger partial charge in [0.1, 0.15) is 0 Å². The molecule has 1 saturated heterocycles. The molecule has 18 heavy (non-hydrogen) atoms. The summed E-state index contributed by atoms with van der Waals surface area (Å²) < 4.78 is 5.26. The van der Waals surface area contributed by atoms with Crippen LogP contribution in [0.1, 0.15) is 15.9 Å². The lowest BCUT2D eigenvalue weighted by Gasteiger charge is -2.34. The van der Waals surface area contributed by atoms with Crippen LogP contribution in [-0.4, -0.2) is 48.3 Å². The SMILES string of the molecule is Cc1cc(C(=O)N2CCOCC2CO)ccc1Cl. The fourth-order valence-corrected chi connectivity index (χ4v) is 2.13. The molecule has 0 saturated carbocycles. The van der Waals surface area contributed by atoms with Crippen molar-refractivity contribution < 1.29 is 14.6 Å². The second-order valence-corrected chi connectivity index (χ2v) is 4.78. The van der Waals surface area contributed by atoms with Gasteiger partial charge >= 0.3 is 0 Å². The van der Waals surface area contributed by atoms with Gasteiger partial charge in [-0.1, -0.05) is 11.6 Å². The van der Waals surface area contributed by atoms with Gasteiger partial charge in [-0.05, 0) is 30.7 Å². The summed E-state index contributed by atoms with van der Waals surface area (Å²) in [5.74, 6) is -0.0860. The smallest absolute Gasteiger partial charge is 0.254 e. The largest absolute Gasteiger partial charge is 0.394 e. The Labute approximate surface area is 111 Å². The molecule has 1 aliphatic heterocycles. The van der Waals surface area contributed by atoms with E-state index in [1.54, 1.807) is 23.1 Å². The first-order valence-electron chi connectivity index (χ1n) is 5.89. The molecule has 0 radical (unpaired) electrons. The number of ether oxygens (including phenoxy) is 1. The molecule has 2 rings (SSSR count). The second kappa shape index (κ2) is 5.69. The molecule has 0 bridgehead atoms. The lowest BCUT2D eigenvalue weighted by molar-refractivity contribution is -0.0183. The number of aliphatic hydroxyl groups excluding tert-OH is 1. The van der Waals surface area contributed by atoms with Crippen LogP contribution in [0, 0.1) is 6.92 Å². The molecule has 1 atom stereocenters. The number of benzene rings is 1. The number of aliphatic hydroxyl groups is 1. The highest BCUT2D eigenvalue weighted by Crippen LogP contribution is 2.19. The van der Waals surface area contributed by atoms with Gasteiger partial charge < -0.3 is 14.7 Å². The molecule has 1 N–H and O–H groups in total. The average Bonchev–Trinajstić information content (AvgIpc) is 2.41. The maximum absolute atomic E-state index is 12.3. The van der Waals surface area contributed by atoms with E-state index in [1.165, 1.54) is 0 Å². The summed E-state index contributed by atoms with van der Waals surface area (Å²) in [6, 6.07) is 4.94. The molecule has 98 valence electrons. The molecule has 1 fully saturated rings. The summed E-state index contributed by atoms with van der Waals surface area (Å²) in [5.41, 5.74) is 1.47. The normalized spacial score (nSPS) is 19.9. The van der Waals surface area contributed by atoms with Gasteiger partial charge in [-0.3, -0.25) is 4.79 Å². The zero-order valence-electron chi connectivity index (χ0n) is 10.2. The number of amides is 1. The quantitative estimate of drug-likeness (QED) is 0.885. The van der Waals surface area contributed by atoms with Crippen LogP contribution in [0.5, 0.6) is 0 Å². The van der Waals surface area contributed by atoms with Gasteiger partial charge in [-0.25, -0.2) is 0 Å². The summed E-state index contributed by atoms with van der Waals surface area (Å²) in [5, 5.41) is 9.91. The Morgan fingerprint density at radius 1 is 1.61 bits per heavy atom. The molecule has 1 aromatic carbocycles. The van der Waals surface area contributed by atoms with Gasteiger partial charge in [0.25, 0.3) is 5.91 Å². The first-order valence-corrected chi connectivity index (χ1v) is 6.27. The third-order valence-electron chi connectivity index (χ3n) is 3.10. The zero-order valence-corrected chi connectivity index (χ0v) is 11.0. The van der Waals surface area contributed by atoms with E-state index in [2.05, 4.69) is 0 Å². The highest BCUT2D eigenvalue weighted by Gasteiger charge is 2.27. The number of halogens is 1. The fraction of sp³-hybridized carbons (Fsp3) is 0.462. The van der Waals surface area contributed by atoms with Crippen molar-refractivity contribution in [3.05, 3.63) is 34.3 Å². The first-order chi connectivity index (χ1) is 8.63. The minimum absolute atomic E-state index is 0.0850. The van der Waals surface area contributed by atoms with E-state index in [1.807, 2.05) is 6.92 Å². The summed E-state index contributed by atoms with van der Waals surface area (Å²) in [6.07, 6.45) is 0. The summed E-state index contributed by atoms with van der Waals surface area (Å²) in [7, 11) is 0. The van der Waals surface area contributed by atoms with Crippen molar-refractivity contribution in [1.29, 1.82) is 0 Å². The fourth-order valence-electron chi connectivity index (χ4n) is 2.02. The van der Waals surface area contributed by atoms with Crippen molar-refractivity contribution in [3.63, 3.8) is 0 Å². The van der Waals surface area contributed by atoms with Crippen LogP contribution < -0.4 is 0 Å². The lowest BCUT2D eigenvalue weighted by Crippen LogP contribution is -2.50. The third-order valence-corrected chi connectivity index (χ3v) is 3.53. The molecule has 0 aliphatic carbocycles. The van der Waals surface area contributed by atoms with Crippen LogP contribution in [0.3, 0.4) is 0 Å². The minimum atomic E-state index is -0.262. The Kier molecular flexibility index (Phi) is 4.22. The number of nitrogens with zero attached hydrogens (tertiary/aromatic N) is 1. The van der Waals surface area contributed by atoms with Crippen molar-refractivity contribution in [1.82, 2.24) is 4.90 Å². The van der Waals surface area contributed by atoms with E-state index in [0.29, 0.717) is 30.3 Å². The topological polar surface area (TPSA) is 49.8 Å². The van der Waals surface area contributed by atoms with Crippen molar-refractivity contribution >= 4 is 17.5 Å². The summed E-state index contributed by atoms with van der Waals surface area (Å²) in [6.45, 7) is 3.18. The van der Waals surface area contributed by atoms with Gasteiger partial charge in [0.05, 0.1) is 25.9 Å². The lowest BCUT2D eigenvalue weighted by atomic mass is 10.1. The van der Waals surface area contributed by atoms with Crippen LogP contribution >= 0.6 is 11.6 Å². The van der Waals surface area contributed by atoms with Crippen LogP contribution in [0.25, 0.3) is 0 Å². The predicted octanol–water partition coefficient (Wildman–Crippen LogP) is 1.48. The van der Waals surface area contributed by atoms with Gasteiger partial charge in [0.15, 0.2) is 0 Å². The van der Waals surface area contributed by atoms with Crippen LogP contribution in [-0.2, 0) is 4.74 Å². The van der Waals surface area contributed by atoms with Crippen molar-refractivity contribution in [2.45, 2.75) is 13.0 Å². The highest BCUT2D eigenvalue weighted by molar-refractivity contribution is 6.31. The number of morpholine rings is 1. The number of carbonyl (C=O) groups excluding carboxylic acids is 1. The molecule has 0 aromatic heterocycles. The van der Waals surface area contributed by atoms with Gasteiger partial charge in [0, 0.05) is 17.1 Å². The predicted molar refractivity (Wildman–Crippen MR) is 68.9 cm³/mol. The number of hydrogen-bond donors (Lipinski definition) is 1. The molecule has 1 aromatic rings. The second-order valence-electron chi connectivity index (χ2n) is 4.37. The minimum Gasteiger partial charge on any atom is -0.394 e. The van der Waals surface area contributed by atoms with Crippen LogP contribution in [0.15, 0.2) is 18.2 Å². The van der Waals surface area contributed by atoms with Gasteiger partial charge in [-0.2, -0.15) is 0 Å². The molecular formula is C13H16ClNO3. The molecular weight excluding hydrogens is 254 g/mol. The first kappa shape index (κ1) is 13.3. The Hall–Kier alpha value is -1.10. The van der Waals surface area contributed by atoms with E-state index >= 15 is 0 Å². The molecule has 4 nitrogen and oxygen atoms in total. The van der Waals surface area contributed by atoms with E-state index in [-0.39, 0.29) is 18.6 Å². The number of rotatable bonds is 2. The monoisotopic (exact) mass is 269 g/mol. The van der Waals surface area contributed by atoms with E-state index in [0.717, 1.165) is 5.56 Å². The van der Waals surface area contributed by atoms with Gasteiger partial charge in [0.2, 0.25) is 0 Å². The number of carbonyl (C=O) groups is 1. The molecule has 1 aliphatic rings. The Bertz CT molecular complexity index is 450. The standard InChI is InChI=1S/C13H16ClNO3/c1-9-6-10(2-3-12(9)14)13(17)15-4-5-18-8-11(15)7-16/h2-3,6,11,16H,4-5,7-8H2,1H3. The highest BCUT2D eigenvalue weighted by atomic mass is 35.5.